The third kappa shape index (κ3) is 2.66. The van der Waals surface area contributed by atoms with Crippen molar-refractivity contribution in [3.63, 3.8) is 0 Å². The molecule has 110 valence electrons. The Labute approximate surface area is 120 Å². The first kappa shape index (κ1) is 14.9. The Morgan fingerprint density at radius 1 is 1.50 bits per heavy atom. The molecule has 20 heavy (non-hydrogen) atoms. The molecule has 4 nitrogen and oxygen atoms in total. The average Bonchev–Trinajstić information content (AvgIpc) is 2.39. The fourth-order valence-electron chi connectivity index (χ4n) is 2.77. The van der Waals surface area contributed by atoms with E-state index in [1.165, 1.54) is 6.92 Å². The SMILES string of the molecule is CCOC1CC(Nc2ccc(N)c(C(C)=O)c2)C1(C)C. The van der Waals surface area contributed by atoms with Gasteiger partial charge < -0.3 is 15.8 Å². The number of carbonyl (C=O) groups excluding carboxylic acids is 1. The Hall–Kier alpha value is -1.55. The van der Waals surface area contributed by atoms with Crippen LogP contribution >= 0.6 is 0 Å². The number of nitrogens with two attached hydrogens (primary N) is 1. The van der Waals surface area contributed by atoms with Crippen LogP contribution in [0.2, 0.25) is 0 Å². The molecule has 1 saturated carbocycles. The van der Waals surface area contributed by atoms with Crippen LogP contribution in [0, 0.1) is 5.41 Å². The van der Waals surface area contributed by atoms with Crippen molar-refractivity contribution in [1.82, 2.24) is 0 Å². The van der Waals surface area contributed by atoms with E-state index in [0.29, 0.717) is 23.4 Å². The molecule has 2 rings (SSSR count). The zero-order valence-electron chi connectivity index (χ0n) is 12.7. The number of hydrogen-bond acceptors (Lipinski definition) is 4. The van der Waals surface area contributed by atoms with Gasteiger partial charge in [0.05, 0.1) is 6.10 Å². The van der Waals surface area contributed by atoms with Gasteiger partial charge in [-0.1, -0.05) is 13.8 Å². The second-order valence-electron chi connectivity index (χ2n) is 6.06. The van der Waals surface area contributed by atoms with Gasteiger partial charge in [-0.3, -0.25) is 4.79 Å². The zero-order valence-corrected chi connectivity index (χ0v) is 12.7. The molecule has 0 saturated heterocycles. The summed E-state index contributed by atoms with van der Waals surface area (Å²) in [6.45, 7) is 8.72. The van der Waals surface area contributed by atoms with Crippen molar-refractivity contribution >= 4 is 17.2 Å². The van der Waals surface area contributed by atoms with Crippen LogP contribution in [0.15, 0.2) is 18.2 Å². The zero-order chi connectivity index (χ0) is 14.9. The Morgan fingerprint density at radius 3 is 2.75 bits per heavy atom. The Morgan fingerprint density at radius 2 is 2.20 bits per heavy atom. The molecule has 4 heteroatoms. The molecule has 1 fully saturated rings. The van der Waals surface area contributed by atoms with Gasteiger partial charge in [-0.05, 0) is 38.5 Å². The van der Waals surface area contributed by atoms with Crippen LogP contribution in [-0.2, 0) is 4.74 Å². The minimum Gasteiger partial charge on any atom is -0.398 e. The fourth-order valence-corrected chi connectivity index (χ4v) is 2.77. The second-order valence-corrected chi connectivity index (χ2v) is 6.06. The summed E-state index contributed by atoms with van der Waals surface area (Å²) in [4.78, 5) is 11.5. The van der Waals surface area contributed by atoms with E-state index in [1.807, 2.05) is 19.1 Å². The minimum atomic E-state index is -0.00814. The maximum absolute atomic E-state index is 11.5. The van der Waals surface area contributed by atoms with Crippen LogP contribution in [0.4, 0.5) is 11.4 Å². The normalized spacial score (nSPS) is 24.0. The molecule has 2 atom stereocenters. The molecule has 0 aliphatic heterocycles. The number of anilines is 2. The van der Waals surface area contributed by atoms with Crippen LogP contribution < -0.4 is 11.1 Å². The molecule has 3 N–H and O–H groups in total. The predicted octanol–water partition coefficient (Wildman–Crippen LogP) is 3.09. The van der Waals surface area contributed by atoms with Crippen molar-refractivity contribution in [2.75, 3.05) is 17.7 Å². The number of benzene rings is 1. The number of nitrogen functional groups attached to an aromatic ring is 1. The van der Waals surface area contributed by atoms with Crippen LogP contribution in [0.1, 0.15) is 44.5 Å². The van der Waals surface area contributed by atoms with Gasteiger partial charge >= 0.3 is 0 Å². The molecule has 0 radical (unpaired) electrons. The van der Waals surface area contributed by atoms with Gasteiger partial charge in [0.25, 0.3) is 0 Å². The maximum Gasteiger partial charge on any atom is 0.161 e. The second kappa shape index (κ2) is 5.44. The van der Waals surface area contributed by atoms with Crippen molar-refractivity contribution in [3.05, 3.63) is 23.8 Å². The fraction of sp³-hybridized carbons (Fsp3) is 0.562. The summed E-state index contributed by atoms with van der Waals surface area (Å²) < 4.78 is 5.73. The van der Waals surface area contributed by atoms with Crippen LogP contribution in [-0.4, -0.2) is 24.5 Å². The molecular formula is C16H24N2O2. The lowest BCUT2D eigenvalue weighted by molar-refractivity contribution is -0.0975. The highest BCUT2D eigenvalue weighted by atomic mass is 16.5. The predicted molar refractivity (Wildman–Crippen MR) is 82.1 cm³/mol. The standard InChI is InChI=1S/C16H24N2O2/c1-5-20-15-9-14(16(15,3)4)18-11-6-7-13(17)12(8-11)10(2)19/h6-8,14-15,18H,5,9,17H2,1-4H3. The number of hydrogen-bond donors (Lipinski definition) is 2. The van der Waals surface area contributed by atoms with Gasteiger partial charge in [-0.25, -0.2) is 0 Å². The minimum absolute atomic E-state index is 0.00814. The molecular weight excluding hydrogens is 252 g/mol. The Bertz CT molecular complexity index is 511. The molecule has 1 aliphatic rings. The Kier molecular flexibility index (Phi) is 4.04. The first-order valence-electron chi connectivity index (χ1n) is 7.14. The molecule has 1 aliphatic carbocycles. The summed E-state index contributed by atoms with van der Waals surface area (Å²) in [6, 6.07) is 5.89. The van der Waals surface area contributed by atoms with Gasteiger partial charge in [0.1, 0.15) is 0 Å². The van der Waals surface area contributed by atoms with Crippen molar-refractivity contribution in [2.45, 2.75) is 46.3 Å². The topological polar surface area (TPSA) is 64.3 Å². The largest absolute Gasteiger partial charge is 0.398 e. The quantitative estimate of drug-likeness (QED) is 0.640. The number of ether oxygens (including phenoxy) is 1. The van der Waals surface area contributed by atoms with Crippen molar-refractivity contribution < 1.29 is 9.53 Å². The number of rotatable bonds is 5. The number of carbonyl (C=O) groups is 1. The average molecular weight is 276 g/mol. The van der Waals surface area contributed by atoms with Gasteiger partial charge in [-0.15, -0.1) is 0 Å². The summed E-state index contributed by atoms with van der Waals surface area (Å²) in [5.41, 5.74) is 7.96. The van der Waals surface area contributed by atoms with E-state index in [4.69, 9.17) is 10.5 Å². The smallest absolute Gasteiger partial charge is 0.161 e. The molecule has 0 aromatic heterocycles. The van der Waals surface area contributed by atoms with Gasteiger partial charge in [0.2, 0.25) is 0 Å². The molecule has 0 heterocycles. The van der Waals surface area contributed by atoms with Crippen LogP contribution in [0.5, 0.6) is 0 Å². The summed E-state index contributed by atoms with van der Waals surface area (Å²) in [5, 5.41) is 3.49. The third-order valence-corrected chi connectivity index (χ3v) is 4.32. The first-order valence-corrected chi connectivity index (χ1v) is 7.14. The van der Waals surface area contributed by atoms with E-state index in [2.05, 4.69) is 19.2 Å². The van der Waals surface area contributed by atoms with Crippen LogP contribution in [0.3, 0.4) is 0 Å². The summed E-state index contributed by atoms with van der Waals surface area (Å²) in [7, 11) is 0. The van der Waals surface area contributed by atoms with E-state index in [0.717, 1.165) is 18.7 Å². The monoisotopic (exact) mass is 276 g/mol. The van der Waals surface area contributed by atoms with Crippen LogP contribution in [0.25, 0.3) is 0 Å². The highest BCUT2D eigenvalue weighted by molar-refractivity contribution is 6.00. The number of nitrogens with one attached hydrogen (secondary N) is 1. The molecule has 0 bridgehead atoms. The van der Waals surface area contributed by atoms with Gasteiger partial charge in [0, 0.05) is 35.0 Å². The lowest BCUT2D eigenvalue weighted by atomic mass is 9.64. The first-order chi connectivity index (χ1) is 9.36. The lowest BCUT2D eigenvalue weighted by Crippen LogP contribution is -2.58. The van der Waals surface area contributed by atoms with E-state index < -0.39 is 0 Å². The van der Waals surface area contributed by atoms with E-state index in [1.54, 1.807) is 6.07 Å². The molecule has 1 aromatic rings. The molecule has 2 unspecified atom stereocenters. The highest BCUT2D eigenvalue weighted by Crippen LogP contribution is 2.44. The maximum atomic E-state index is 11.5. The number of Topliss-reactive ketones (excluding diaryl/α,β-unsaturated/α-hetero) is 1. The summed E-state index contributed by atoms with van der Waals surface area (Å²) in [5.74, 6) is -0.00814. The van der Waals surface area contributed by atoms with E-state index in [9.17, 15) is 4.79 Å². The summed E-state index contributed by atoms with van der Waals surface area (Å²) >= 11 is 0. The number of ketones is 1. The van der Waals surface area contributed by atoms with Crippen molar-refractivity contribution in [3.8, 4) is 0 Å². The third-order valence-electron chi connectivity index (χ3n) is 4.32. The van der Waals surface area contributed by atoms with Gasteiger partial charge in [-0.2, -0.15) is 0 Å². The van der Waals surface area contributed by atoms with Crippen molar-refractivity contribution in [1.29, 1.82) is 0 Å². The Balaban J connectivity index is 2.09. The molecule has 0 amide bonds. The van der Waals surface area contributed by atoms with Crippen molar-refractivity contribution in [2.24, 2.45) is 5.41 Å². The highest BCUT2D eigenvalue weighted by Gasteiger charge is 2.48. The van der Waals surface area contributed by atoms with E-state index >= 15 is 0 Å². The van der Waals surface area contributed by atoms with Gasteiger partial charge in [0.15, 0.2) is 5.78 Å². The van der Waals surface area contributed by atoms with E-state index in [-0.39, 0.29) is 11.2 Å². The molecule has 0 spiro atoms. The molecule has 1 aromatic carbocycles. The lowest BCUT2D eigenvalue weighted by Gasteiger charge is -2.52. The summed E-state index contributed by atoms with van der Waals surface area (Å²) in [6.07, 6.45) is 1.28.